The Kier molecular flexibility index (Phi) is 4.86. The van der Waals surface area contributed by atoms with Crippen molar-refractivity contribution in [3.63, 3.8) is 0 Å². The van der Waals surface area contributed by atoms with Crippen molar-refractivity contribution in [2.45, 2.75) is 51.5 Å². The van der Waals surface area contributed by atoms with Gasteiger partial charge in [-0.2, -0.15) is 0 Å². The largest absolute Gasteiger partial charge is 0.271 e. The highest BCUT2D eigenvalue weighted by Gasteiger charge is 2.26. The Morgan fingerprint density at radius 2 is 2.00 bits per heavy atom. The van der Waals surface area contributed by atoms with Crippen LogP contribution in [0, 0.1) is 12.8 Å². The molecule has 0 radical (unpaired) electrons. The first-order valence-corrected chi connectivity index (χ1v) is 7.69. The maximum Gasteiger partial charge on any atom is 0.0596 e. The van der Waals surface area contributed by atoms with Gasteiger partial charge in [0, 0.05) is 4.88 Å². The van der Waals surface area contributed by atoms with Crippen LogP contribution in [0.1, 0.15) is 55.0 Å². The highest BCUT2D eigenvalue weighted by atomic mass is 35.5. The Balaban J connectivity index is 2.17. The van der Waals surface area contributed by atoms with Crippen LogP contribution in [0.3, 0.4) is 0 Å². The molecule has 1 aromatic heterocycles. The molecule has 1 aliphatic rings. The average Bonchev–Trinajstić information content (AvgIpc) is 2.59. The second-order valence-electron chi connectivity index (χ2n) is 4.99. The standard InChI is InChI=1S/C13H21ClN2S/c1-9-8-17-13(11(9)14)12(16-15)10-6-4-2-3-5-7-10/h8,10,12,16H,2-7,15H2,1H3. The molecule has 0 saturated heterocycles. The molecular formula is C13H21ClN2S. The molecule has 1 fully saturated rings. The van der Waals surface area contributed by atoms with Gasteiger partial charge < -0.3 is 0 Å². The fraction of sp³-hybridized carbons (Fsp3) is 0.692. The second-order valence-corrected chi connectivity index (χ2v) is 6.28. The van der Waals surface area contributed by atoms with Gasteiger partial charge in [0.1, 0.15) is 0 Å². The summed E-state index contributed by atoms with van der Waals surface area (Å²) in [5.74, 6) is 6.40. The molecule has 0 bridgehead atoms. The molecular weight excluding hydrogens is 252 g/mol. The summed E-state index contributed by atoms with van der Waals surface area (Å²) in [7, 11) is 0. The highest BCUT2D eigenvalue weighted by Crippen LogP contribution is 2.39. The van der Waals surface area contributed by atoms with E-state index in [1.54, 1.807) is 11.3 Å². The minimum Gasteiger partial charge on any atom is -0.271 e. The van der Waals surface area contributed by atoms with E-state index < -0.39 is 0 Å². The maximum absolute atomic E-state index is 6.36. The molecule has 2 nitrogen and oxygen atoms in total. The average molecular weight is 273 g/mol. The van der Waals surface area contributed by atoms with E-state index in [-0.39, 0.29) is 6.04 Å². The minimum atomic E-state index is 0.235. The van der Waals surface area contributed by atoms with Crippen molar-refractivity contribution in [1.29, 1.82) is 0 Å². The van der Waals surface area contributed by atoms with Crippen molar-refractivity contribution < 1.29 is 0 Å². The van der Waals surface area contributed by atoms with Gasteiger partial charge in [0.05, 0.1) is 11.1 Å². The molecule has 0 amide bonds. The molecule has 1 saturated carbocycles. The van der Waals surface area contributed by atoms with E-state index >= 15 is 0 Å². The first-order chi connectivity index (χ1) is 8.24. The lowest BCUT2D eigenvalue weighted by molar-refractivity contribution is 0.333. The number of halogens is 1. The fourth-order valence-corrected chi connectivity index (χ4v) is 4.19. The Hall–Kier alpha value is -0.0900. The third-order valence-electron chi connectivity index (χ3n) is 3.76. The molecule has 0 spiro atoms. The molecule has 1 aromatic rings. The lowest BCUT2D eigenvalue weighted by atomic mass is 9.91. The zero-order chi connectivity index (χ0) is 12.3. The molecule has 1 unspecified atom stereocenters. The number of nitrogens with one attached hydrogen (secondary N) is 1. The lowest BCUT2D eigenvalue weighted by Gasteiger charge is -2.25. The van der Waals surface area contributed by atoms with Crippen molar-refractivity contribution in [2.75, 3.05) is 0 Å². The normalized spacial score (nSPS) is 20.2. The Bertz CT molecular complexity index is 356. The van der Waals surface area contributed by atoms with Crippen LogP contribution in [-0.2, 0) is 0 Å². The third kappa shape index (κ3) is 3.02. The minimum absolute atomic E-state index is 0.235. The molecule has 3 N–H and O–H groups in total. The Morgan fingerprint density at radius 3 is 2.47 bits per heavy atom. The van der Waals surface area contributed by atoms with Crippen LogP contribution in [0.5, 0.6) is 0 Å². The summed E-state index contributed by atoms with van der Waals surface area (Å²) in [4.78, 5) is 1.22. The van der Waals surface area contributed by atoms with Crippen LogP contribution < -0.4 is 11.3 Å². The molecule has 1 aliphatic carbocycles. The van der Waals surface area contributed by atoms with Gasteiger partial charge >= 0.3 is 0 Å². The Labute approximate surface area is 113 Å². The second kappa shape index (κ2) is 6.19. The van der Waals surface area contributed by atoms with Gasteiger partial charge in [0.25, 0.3) is 0 Å². The maximum atomic E-state index is 6.36. The summed E-state index contributed by atoms with van der Waals surface area (Å²) in [6.45, 7) is 2.06. The van der Waals surface area contributed by atoms with Crippen molar-refractivity contribution in [3.8, 4) is 0 Å². The van der Waals surface area contributed by atoms with E-state index in [1.165, 1.54) is 49.0 Å². The molecule has 4 heteroatoms. The van der Waals surface area contributed by atoms with Gasteiger partial charge in [-0.3, -0.25) is 11.3 Å². The Morgan fingerprint density at radius 1 is 1.35 bits per heavy atom. The predicted octanol–water partition coefficient (Wildman–Crippen LogP) is 4.18. The van der Waals surface area contributed by atoms with Crippen molar-refractivity contribution in [3.05, 3.63) is 20.8 Å². The predicted molar refractivity (Wildman–Crippen MR) is 75.3 cm³/mol. The van der Waals surface area contributed by atoms with Crippen LogP contribution in [0.15, 0.2) is 5.38 Å². The SMILES string of the molecule is Cc1csc(C(NN)C2CCCCCC2)c1Cl. The van der Waals surface area contributed by atoms with Crippen LogP contribution in [-0.4, -0.2) is 0 Å². The van der Waals surface area contributed by atoms with E-state index in [9.17, 15) is 0 Å². The van der Waals surface area contributed by atoms with Crippen LogP contribution >= 0.6 is 22.9 Å². The molecule has 0 aliphatic heterocycles. The number of hydrazine groups is 1. The van der Waals surface area contributed by atoms with Gasteiger partial charge in [-0.15, -0.1) is 11.3 Å². The monoisotopic (exact) mass is 272 g/mol. The first-order valence-electron chi connectivity index (χ1n) is 6.43. The molecule has 1 atom stereocenters. The molecule has 2 rings (SSSR count). The molecule has 96 valence electrons. The summed E-state index contributed by atoms with van der Waals surface area (Å²) in [6.07, 6.45) is 7.91. The van der Waals surface area contributed by atoms with Crippen molar-refractivity contribution in [2.24, 2.45) is 11.8 Å². The van der Waals surface area contributed by atoms with Crippen molar-refractivity contribution in [1.82, 2.24) is 5.43 Å². The number of rotatable bonds is 3. The zero-order valence-corrected chi connectivity index (χ0v) is 11.9. The van der Waals surface area contributed by atoms with E-state index in [0.29, 0.717) is 5.92 Å². The van der Waals surface area contributed by atoms with Crippen LogP contribution in [0.4, 0.5) is 0 Å². The van der Waals surface area contributed by atoms with E-state index in [4.69, 9.17) is 17.4 Å². The number of hydrogen-bond donors (Lipinski definition) is 2. The number of nitrogens with two attached hydrogens (primary N) is 1. The quantitative estimate of drug-likeness (QED) is 0.492. The highest BCUT2D eigenvalue weighted by molar-refractivity contribution is 7.10. The number of hydrogen-bond acceptors (Lipinski definition) is 3. The molecule has 1 heterocycles. The van der Waals surface area contributed by atoms with E-state index in [0.717, 1.165) is 5.02 Å². The third-order valence-corrected chi connectivity index (χ3v) is 5.56. The molecule has 17 heavy (non-hydrogen) atoms. The van der Waals surface area contributed by atoms with E-state index in [2.05, 4.69) is 17.7 Å². The van der Waals surface area contributed by atoms with Crippen LogP contribution in [0.2, 0.25) is 5.02 Å². The van der Waals surface area contributed by atoms with Gasteiger partial charge in [-0.25, -0.2) is 0 Å². The van der Waals surface area contributed by atoms with Crippen molar-refractivity contribution >= 4 is 22.9 Å². The summed E-state index contributed by atoms with van der Waals surface area (Å²) in [6, 6.07) is 0.235. The lowest BCUT2D eigenvalue weighted by Crippen LogP contribution is -2.33. The summed E-state index contributed by atoms with van der Waals surface area (Å²) in [5, 5.41) is 3.03. The number of thiophene rings is 1. The zero-order valence-electron chi connectivity index (χ0n) is 10.3. The van der Waals surface area contributed by atoms with Gasteiger partial charge in [-0.1, -0.05) is 37.3 Å². The van der Waals surface area contributed by atoms with Crippen LogP contribution in [0.25, 0.3) is 0 Å². The fourth-order valence-electron chi connectivity index (χ4n) is 2.73. The summed E-state index contributed by atoms with van der Waals surface area (Å²) >= 11 is 8.09. The topological polar surface area (TPSA) is 38.0 Å². The molecule has 0 aromatic carbocycles. The van der Waals surface area contributed by atoms with Gasteiger partial charge in [-0.05, 0) is 36.6 Å². The summed E-state index contributed by atoms with van der Waals surface area (Å²) in [5.41, 5.74) is 4.16. The van der Waals surface area contributed by atoms with Gasteiger partial charge in [0.2, 0.25) is 0 Å². The number of aryl methyl sites for hydroxylation is 1. The summed E-state index contributed by atoms with van der Waals surface area (Å²) < 4.78 is 0. The first kappa shape index (κ1) is 13.3. The van der Waals surface area contributed by atoms with Gasteiger partial charge in [0.15, 0.2) is 0 Å². The van der Waals surface area contributed by atoms with E-state index in [1.807, 2.05) is 0 Å². The smallest absolute Gasteiger partial charge is 0.0596 e.